The van der Waals surface area contributed by atoms with E-state index >= 15 is 0 Å². The van der Waals surface area contributed by atoms with E-state index in [9.17, 15) is 9.59 Å². The molecule has 0 aromatic carbocycles. The molecule has 104 valence electrons. The molecule has 3 N–H and O–H groups in total. The molecule has 0 spiro atoms. The highest BCUT2D eigenvalue weighted by Crippen LogP contribution is 2.40. The van der Waals surface area contributed by atoms with Crippen LogP contribution in [-0.4, -0.2) is 38.7 Å². The van der Waals surface area contributed by atoms with Crippen molar-refractivity contribution < 1.29 is 14.7 Å². The monoisotopic (exact) mass is 266 g/mol. The Morgan fingerprint density at radius 2 is 2.21 bits per heavy atom. The largest absolute Gasteiger partial charge is 0.481 e. The van der Waals surface area contributed by atoms with Gasteiger partial charge in [-0.15, -0.1) is 5.10 Å². The maximum atomic E-state index is 11.8. The zero-order valence-corrected chi connectivity index (χ0v) is 10.9. The maximum Gasteiger partial charge on any atom is 0.311 e. The molecule has 1 saturated carbocycles. The van der Waals surface area contributed by atoms with Crippen molar-refractivity contribution in [3.8, 4) is 0 Å². The summed E-state index contributed by atoms with van der Waals surface area (Å²) in [6, 6.07) is 0. The van der Waals surface area contributed by atoms with Crippen LogP contribution in [0.15, 0.2) is 0 Å². The summed E-state index contributed by atoms with van der Waals surface area (Å²) in [5, 5.41) is 18.3. The summed E-state index contributed by atoms with van der Waals surface area (Å²) in [7, 11) is 0. The zero-order chi connectivity index (χ0) is 13.9. The van der Waals surface area contributed by atoms with Gasteiger partial charge in [0.25, 0.3) is 5.91 Å². The Hall–Kier alpha value is -1.92. The van der Waals surface area contributed by atoms with Crippen LogP contribution in [-0.2, 0) is 11.2 Å². The van der Waals surface area contributed by atoms with E-state index in [0.717, 1.165) is 19.3 Å². The number of H-pyrrole nitrogens is 1. The van der Waals surface area contributed by atoms with E-state index < -0.39 is 17.3 Å². The van der Waals surface area contributed by atoms with Crippen molar-refractivity contribution >= 4 is 11.9 Å². The SMILES string of the molecule is CCCc1nc(C(=O)NCC2(C(=O)O)CCC2)n[nH]1. The Balaban J connectivity index is 1.91. The number of carbonyl (C=O) groups excluding carboxylic acids is 1. The Morgan fingerprint density at radius 3 is 2.74 bits per heavy atom. The molecule has 1 aliphatic carbocycles. The molecule has 0 saturated heterocycles. The fraction of sp³-hybridized carbons (Fsp3) is 0.667. The van der Waals surface area contributed by atoms with Crippen LogP contribution in [0, 0.1) is 5.41 Å². The summed E-state index contributed by atoms with van der Waals surface area (Å²) in [5.41, 5.74) is -0.793. The number of rotatable bonds is 6. The molecule has 0 atom stereocenters. The van der Waals surface area contributed by atoms with Gasteiger partial charge in [-0.3, -0.25) is 14.7 Å². The Bertz CT molecular complexity index is 479. The van der Waals surface area contributed by atoms with Gasteiger partial charge >= 0.3 is 5.97 Å². The summed E-state index contributed by atoms with van der Waals surface area (Å²) in [6.45, 7) is 2.15. The highest BCUT2D eigenvalue weighted by atomic mass is 16.4. The molecule has 19 heavy (non-hydrogen) atoms. The molecular formula is C12H18N4O3. The number of amides is 1. The van der Waals surface area contributed by atoms with Crippen LogP contribution in [0.5, 0.6) is 0 Å². The van der Waals surface area contributed by atoms with E-state index in [4.69, 9.17) is 5.11 Å². The van der Waals surface area contributed by atoms with Crippen molar-refractivity contribution in [2.45, 2.75) is 39.0 Å². The highest BCUT2D eigenvalue weighted by molar-refractivity contribution is 5.90. The second kappa shape index (κ2) is 5.38. The Kier molecular flexibility index (Phi) is 3.82. The van der Waals surface area contributed by atoms with Crippen molar-refractivity contribution in [3.63, 3.8) is 0 Å². The Morgan fingerprint density at radius 1 is 1.47 bits per heavy atom. The fourth-order valence-corrected chi connectivity index (χ4v) is 2.14. The summed E-state index contributed by atoms with van der Waals surface area (Å²) in [5.74, 6) is -0.528. The maximum absolute atomic E-state index is 11.8. The number of nitrogens with one attached hydrogen (secondary N) is 2. The lowest BCUT2D eigenvalue weighted by Gasteiger charge is -2.37. The van der Waals surface area contributed by atoms with Crippen molar-refractivity contribution in [1.29, 1.82) is 0 Å². The standard InChI is InChI=1S/C12H18N4O3/c1-2-4-8-14-9(16-15-8)10(17)13-7-12(11(18)19)5-3-6-12/h2-7H2,1H3,(H,13,17)(H,18,19)(H,14,15,16). The second-order valence-electron chi connectivity index (χ2n) is 4.98. The molecule has 1 aromatic rings. The normalized spacial score (nSPS) is 16.7. The van der Waals surface area contributed by atoms with Crippen molar-refractivity contribution in [2.75, 3.05) is 6.54 Å². The van der Waals surface area contributed by atoms with E-state index in [1.54, 1.807) is 0 Å². The van der Waals surface area contributed by atoms with Gasteiger partial charge in [-0.1, -0.05) is 13.3 Å². The number of hydrogen-bond donors (Lipinski definition) is 3. The van der Waals surface area contributed by atoms with Crippen LogP contribution in [0.2, 0.25) is 0 Å². The van der Waals surface area contributed by atoms with Crippen LogP contribution in [0.4, 0.5) is 0 Å². The first-order valence-electron chi connectivity index (χ1n) is 6.50. The molecule has 1 aromatic heterocycles. The van der Waals surface area contributed by atoms with Crippen LogP contribution < -0.4 is 5.32 Å². The van der Waals surface area contributed by atoms with Crippen molar-refractivity contribution in [3.05, 3.63) is 11.6 Å². The third kappa shape index (κ3) is 2.74. The Labute approximate surface area is 110 Å². The molecule has 2 rings (SSSR count). The van der Waals surface area contributed by atoms with Gasteiger partial charge in [0.2, 0.25) is 5.82 Å². The number of carboxylic acids is 1. The minimum absolute atomic E-state index is 0.0725. The quantitative estimate of drug-likeness (QED) is 0.704. The first-order chi connectivity index (χ1) is 9.07. The number of carboxylic acid groups (broad SMARTS) is 1. The van der Waals surface area contributed by atoms with Gasteiger partial charge in [0.1, 0.15) is 5.82 Å². The molecule has 0 radical (unpaired) electrons. The topological polar surface area (TPSA) is 108 Å². The first-order valence-corrected chi connectivity index (χ1v) is 6.50. The number of hydrogen-bond acceptors (Lipinski definition) is 4. The number of aromatic nitrogens is 3. The molecule has 1 aliphatic rings. The molecule has 7 nitrogen and oxygen atoms in total. The van der Waals surface area contributed by atoms with E-state index in [0.29, 0.717) is 18.7 Å². The highest BCUT2D eigenvalue weighted by Gasteiger charge is 2.44. The lowest BCUT2D eigenvalue weighted by atomic mass is 9.69. The van der Waals surface area contributed by atoms with E-state index in [2.05, 4.69) is 20.5 Å². The fourth-order valence-electron chi connectivity index (χ4n) is 2.14. The molecule has 1 amide bonds. The number of nitrogens with zero attached hydrogens (tertiary/aromatic N) is 2. The first kappa shape index (κ1) is 13.5. The third-order valence-electron chi connectivity index (χ3n) is 3.57. The molecule has 1 fully saturated rings. The zero-order valence-electron chi connectivity index (χ0n) is 10.9. The van der Waals surface area contributed by atoms with Crippen LogP contribution in [0.1, 0.15) is 49.1 Å². The summed E-state index contributed by atoms with van der Waals surface area (Å²) < 4.78 is 0. The van der Waals surface area contributed by atoms with Gasteiger partial charge < -0.3 is 10.4 Å². The van der Waals surface area contributed by atoms with Gasteiger partial charge in [-0.2, -0.15) is 0 Å². The number of carbonyl (C=O) groups is 2. The number of aryl methyl sites for hydroxylation is 1. The predicted molar refractivity (Wildman–Crippen MR) is 66.6 cm³/mol. The molecule has 1 heterocycles. The van der Waals surface area contributed by atoms with E-state index in [-0.39, 0.29) is 12.4 Å². The molecule has 0 unspecified atom stereocenters. The third-order valence-corrected chi connectivity index (χ3v) is 3.57. The van der Waals surface area contributed by atoms with Crippen molar-refractivity contribution in [1.82, 2.24) is 20.5 Å². The van der Waals surface area contributed by atoms with Crippen LogP contribution in [0.3, 0.4) is 0 Å². The van der Waals surface area contributed by atoms with Crippen LogP contribution >= 0.6 is 0 Å². The average Bonchev–Trinajstić information content (AvgIpc) is 2.76. The van der Waals surface area contributed by atoms with Gasteiger partial charge in [0.05, 0.1) is 5.41 Å². The van der Waals surface area contributed by atoms with Crippen LogP contribution in [0.25, 0.3) is 0 Å². The lowest BCUT2D eigenvalue weighted by molar-refractivity contribution is -0.153. The van der Waals surface area contributed by atoms with E-state index in [1.807, 2.05) is 6.92 Å². The van der Waals surface area contributed by atoms with Gasteiger partial charge in [-0.25, -0.2) is 4.98 Å². The number of aliphatic carboxylic acids is 1. The number of aromatic amines is 1. The molecular weight excluding hydrogens is 248 g/mol. The van der Waals surface area contributed by atoms with E-state index in [1.165, 1.54) is 0 Å². The smallest absolute Gasteiger partial charge is 0.311 e. The molecule has 0 bridgehead atoms. The summed E-state index contributed by atoms with van der Waals surface area (Å²) in [4.78, 5) is 27.0. The summed E-state index contributed by atoms with van der Waals surface area (Å²) >= 11 is 0. The average molecular weight is 266 g/mol. The minimum Gasteiger partial charge on any atom is -0.481 e. The predicted octanol–water partition coefficient (Wildman–Crippen LogP) is 0.742. The molecule has 0 aliphatic heterocycles. The minimum atomic E-state index is -0.847. The molecule has 7 heteroatoms. The second-order valence-corrected chi connectivity index (χ2v) is 4.98. The van der Waals surface area contributed by atoms with Crippen molar-refractivity contribution in [2.24, 2.45) is 5.41 Å². The summed E-state index contributed by atoms with van der Waals surface area (Å²) in [6.07, 6.45) is 3.76. The van der Waals surface area contributed by atoms with Gasteiger partial charge in [0.15, 0.2) is 0 Å². The lowest BCUT2D eigenvalue weighted by Crippen LogP contribution is -2.47. The van der Waals surface area contributed by atoms with Gasteiger partial charge in [0, 0.05) is 13.0 Å². The van der Waals surface area contributed by atoms with Gasteiger partial charge in [-0.05, 0) is 19.3 Å².